The van der Waals surface area contributed by atoms with Gasteiger partial charge in [-0.3, -0.25) is 0 Å². The molecule has 5 heteroatoms. The van der Waals surface area contributed by atoms with Crippen molar-refractivity contribution in [2.24, 2.45) is 0 Å². The molecule has 1 aliphatic rings. The summed E-state index contributed by atoms with van der Waals surface area (Å²) in [5, 5.41) is 1.24. The van der Waals surface area contributed by atoms with Crippen molar-refractivity contribution in [3.8, 4) is 0 Å². The molecule has 0 N–H and O–H groups in total. The Hall–Kier alpha value is -1.58. The first kappa shape index (κ1) is 15.3. The third-order valence-corrected chi connectivity index (χ3v) is 4.03. The summed E-state index contributed by atoms with van der Waals surface area (Å²) >= 11 is 12.0. The Morgan fingerprint density at radius 1 is 0.955 bits per heavy atom. The van der Waals surface area contributed by atoms with Crippen molar-refractivity contribution in [2.75, 3.05) is 18.0 Å². The number of nitrogens with zero attached hydrogens (tertiary/aromatic N) is 3. The second-order valence-electron chi connectivity index (χ2n) is 5.46. The van der Waals surface area contributed by atoms with Crippen LogP contribution in [0.15, 0.2) is 24.3 Å². The van der Waals surface area contributed by atoms with Crippen LogP contribution in [-0.2, 0) is 0 Å². The van der Waals surface area contributed by atoms with Crippen LogP contribution >= 0.6 is 23.2 Å². The first-order valence-corrected chi connectivity index (χ1v) is 8.10. The second-order valence-corrected chi connectivity index (χ2v) is 6.33. The van der Waals surface area contributed by atoms with E-state index in [9.17, 15) is 0 Å². The molecule has 0 bridgehead atoms. The Balaban J connectivity index is 1.86. The fourth-order valence-electron chi connectivity index (χ4n) is 2.60. The Labute approximate surface area is 140 Å². The van der Waals surface area contributed by atoms with Gasteiger partial charge in [0, 0.05) is 34.9 Å². The standard InChI is InChI=1S/C17H17Cl2N3/c1-12-8-17(22-6-2-3-7-22)21-16(20-12)5-4-13-9-14(18)11-15(19)10-13/h4-5,8-11H,2-3,6-7H2,1H3/b5-4+. The predicted molar refractivity (Wildman–Crippen MR) is 93.6 cm³/mol. The highest BCUT2D eigenvalue weighted by Gasteiger charge is 2.14. The van der Waals surface area contributed by atoms with E-state index in [1.165, 1.54) is 12.8 Å². The van der Waals surface area contributed by atoms with Gasteiger partial charge in [-0.05, 0) is 49.6 Å². The summed E-state index contributed by atoms with van der Waals surface area (Å²) in [6, 6.07) is 7.48. The van der Waals surface area contributed by atoms with Crippen molar-refractivity contribution in [2.45, 2.75) is 19.8 Å². The number of aromatic nitrogens is 2. The second kappa shape index (κ2) is 6.67. The minimum atomic E-state index is 0.620. The van der Waals surface area contributed by atoms with Crippen LogP contribution in [0.3, 0.4) is 0 Å². The Morgan fingerprint density at radius 2 is 1.64 bits per heavy atom. The van der Waals surface area contributed by atoms with Crippen molar-refractivity contribution < 1.29 is 0 Å². The lowest BCUT2D eigenvalue weighted by molar-refractivity contribution is 0.915. The van der Waals surface area contributed by atoms with Crippen LogP contribution in [0.25, 0.3) is 12.2 Å². The van der Waals surface area contributed by atoms with Gasteiger partial charge < -0.3 is 4.90 Å². The molecule has 0 aliphatic carbocycles. The highest BCUT2D eigenvalue weighted by molar-refractivity contribution is 6.34. The first-order chi connectivity index (χ1) is 10.6. The number of aryl methyl sites for hydroxylation is 1. The predicted octanol–water partition coefficient (Wildman–Crippen LogP) is 4.86. The van der Waals surface area contributed by atoms with Gasteiger partial charge in [-0.15, -0.1) is 0 Å². The molecule has 1 fully saturated rings. The smallest absolute Gasteiger partial charge is 0.154 e. The molecule has 2 aromatic rings. The van der Waals surface area contributed by atoms with Crippen LogP contribution in [0.2, 0.25) is 10.0 Å². The number of benzene rings is 1. The Kier molecular flexibility index (Phi) is 4.65. The molecule has 22 heavy (non-hydrogen) atoms. The third-order valence-electron chi connectivity index (χ3n) is 3.60. The van der Waals surface area contributed by atoms with E-state index in [1.54, 1.807) is 6.07 Å². The van der Waals surface area contributed by atoms with Gasteiger partial charge in [-0.2, -0.15) is 0 Å². The number of halogens is 2. The molecule has 1 aliphatic heterocycles. The average molecular weight is 334 g/mol. The van der Waals surface area contributed by atoms with Crippen molar-refractivity contribution in [1.82, 2.24) is 9.97 Å². The summed E-state index contributed by atoms with van der Waals surface area (Å²) in [7, 11) is 0. The van der Waals surface area contributed by atoms with E-state index in [0.717, 1.165) is 30.2 Å². The molecule has 0 saturated carbocycles. The van der Waals surface area contributed by atoms with Gasteiger partial charge in [0.05, 0.1) is 0 Å². The summed E-state index contributed by atoms with van der Waals surface area (Å²) in [6.45, 7) is 4.14. The third kappa shape index (κ3) is 3.79. The molecule has 0 unspecified atom stereocenters. The Morgan fingerprint density at radius 3 is 2.32 bits per heavy atom. The zero-order valence-corrected chi connectivity index (χ0v) is 13.9. The molecule has 0 radical (unpaired) electrons. The molecule has 3 rings (SSSR count). The van der Waals surface area contributed by atoms with Crippen molar-refractivity contribution in [1.29, 1.82) is 0 Å². The molecule has 1 aromatic carbocycles. The van der Waals surface area contributed by atoms with Gasteiger partial charge in [-0.1, -0.05) is 29.3 Å². The minimum absolute atomic E-state index is 0.620. The number of rotatable bonds is 3. The van der Waals surface area contributed by atoms with E-state index < -0.39 is 0 Å². The molecule has 0 amide bonds. The molecule has 1 saturated heterocycles. The van der Waals surface area contributed by atoms with Gasteiger partial charge in [-0.25, -0.2) is 9.97 Å². The molecule has 0 atom stereocenters. The molecule has 114 valence electrons. The lowest BCUT2D eigenvalue weighted by Crippen LogP contribution is -2.19. The molecule has 0 spiro atoms. The molecule has 1 aromatic heterocycles. The van der Waals surface area contributed by atoms with Crippen LogP contribution < -0.4 is 4.90 Å². The maximum Gasteiger partial charge on any atom is 0.154 e. The van der Waals surface area contributed by atoms with E-state index in [0.29, 0.717) is 15.9 Å². The van der Waals surface area contributed by atoms with Crippen LogP contribution in [0.4, 0.5) is 5.82 Å². The summed E-state index contributed by atoms with van der Waals surface area (Å²) < 4.78 is 0. The lowest BCUT2D eigenvalue weighted by Gasteiger charge is -2.16. The van der Waals surface area contributed by atoms with E-state index in [-0.39, 0.29) is 0 Å². The van der Waals surface area contributed by atoms with Gasteiger partial charge in [0.2, 0.25) is 0 Å². The van der Waals surface area contributed by atoms with Crippen LogP contribution in [0, 0.1) is 6.92 Å². The molecule has 2 heterocycles. The van der Waals surface area contributed by atoms with Gasteiger partial charge in [0.25, 0.3) is 0 Å². The van der Waals surface area contributed by atoms with Crippen molar-refractivity contribution >= 4 is 41.2 Å². The van der Waals surface area contributed by atoms with Crippen LogP contribution in [-0.4, -0.2) is 23.1 Å². The maximum atomic E-state index is 6.01. The average Bonchev–Trinajstić information content (AvgIpc) is 2.98. The summed E-state index contributed by atoms with van der Waals surface area (Å²) in [6.07, 6.45) is 6.29. The van der Waals surface area contributed by atoms with Gasteiger partial charge in [0.1, 0.15) is 5.82 Å². The molecular weight excluding hydrogens is 317 g/mol. The Bertz CT molecular complexity index is 687. The zero-order chi connectivity index (χ0) is 15.5. The lowest BCUT2D eigenvalue weighted by atomic mass is 10.2. The fourth-order valence-corrected chi connectivity index (χ4v) is 3.14. The van der Waals surface area contributed by atoms with Gasteiger partial charge in [0.15, 0.2) is 5.82 Å². The fraction of sp³-hybridized carbons (Fsp3) is 0.294. The van der Waals surface area contributed by atoms with E-state index in [1.807, 2.05) is 37.3 Å². The highest BCUT2D eigenvalue weighted by Crippen LogP contribution is 2.22. The molecular formula is C17H17Cl2N3. The SMILES string of the molecule is Cc1cc(N2CCCC2)nc(/C=C/c2cc(Cl)cc(Cl)c2)n1. The largest absolute Gasteiger partial charge is 0.356 e. The van der Waals surface area contributed by atoms with E-state index in [4.69, 9.17) is 23.2 Å². The minimum Gasteiger partial charge on any atom is -0.356 e. The van der Waals surface area contributed by atoms with E-state index in [2.05, 4.69) is 14.9 Å². The highest BCUT2D eigenvalue weighted by atomic mass is 35.5. The first-order valence-electron chi connectivity index (χ1n) is 7.35. The van der Waals surface area contributed by atoms with Gasteiger partial charge >= 0.3 is 0 Å². The summed E-state index contributed by atoms with van der Waals surface area (Å²) in [5.41, 5.74) is 1.91. The number of hydrogen-bond donors (Lipinski definition) is 0. The monoisotopic (exact) mass is 333 g/mol. The van der Waals surface area contributed by atoms with Crippen molar-refractivity contribution in [3.63, 3.8) is 0 Å². The molecule has 3 nitrogen and oxygen atoms in total. The summed E-state index contributed by atoms with van der Waals surface area (Å²) in [5.74, 6) is 1.71. The summed E-state index contributed by atoms with van der Waals surface area (Å²) in [4.78, 5) is 11.4. The van der Waals surface area contributed by atoms with E-state index >= 15 is 0 Å². The topological polar surface area (TPSA) is 29.0 Å². The normalized spacial score (nSPS) is 15.0. The van der Waals surface area contributed by atoms with Crippen molar-refractivity contribution in [3.05, 3.63) is 51.4 Å². The van der Waals surface area contributed by atoms with Crippen LogP contribution in [0.5, 0.6) is 0 Å². The maximum absolute atomic E-state index is 6.01. The van der Waals surface area contributed by atoms with Crippen LogP contribution in [0.1, 0.15) is 29.9 Å². The number of hydrogen-bond acceptors (Lipinski definition) is 3. The zero-order valence-electron chi connectivity index (χ0n) is 12.4. The quantitative estimate of drug-likeness (QED) is 0.802. The number of anilines is 1.